The normalized spacial score (nSPS) is 15.9. The maximum absolute atomic E-state index is 6.13. The summed E-state index contributed by atoms with van der Waals surface area (Å²) >= 11 is 17.4. The van der Waals surface area contributed by atoms with Crippen LogP contribution in [0.5, 0.6) is 0 Å². The Morgan fingerprint density at radius 1 is 1.17 bits per heavy atom. The molecule has 1 fully saturated rings. The first-order valence-electron chi connectivity index (χ1n) is 8.00. The highest BCUT2D eigenvalue weighted by Gasteiger charge is 2.35. The van der Waals surface area contributed by atoms with Gasteiger partial charge in [0.25, 0.3) is 0 Å². The molecule has 1 aromatic heterocycles. The van der Waals surface area contributed by atoms with Gasteiger partial charge >= 0.3 is 0 Å². The van der Waals surface area contributed by atoms with Gasteiger partial charge in [0.2, 0.25) is 0 Å². The van der Waals surface area contributed by atoms with Gasteiger partial charge in [-0.15, -0.1) is 0 Å². The Bertz CT molecular complexity index is 715. The number of thiocarbonyl (C=S) groups is 1. The maximum Gasteiger partial charge on any atom is 0.172 e. The van der Waals surface area contributed by atoms with Gasteiger partial charge in [-0.3, -0.25) is 0 Å². The Kier molecular flexibility index (Phi) is 5.59. The van der Waals surface area contributed by atoms with Crippen LogP contribution in [0.1, 0.15) is 31.2 Å². The maximum atomic E-state index is 6.13. The fourth-order valence-corrected chi connectivity index (χ4v) is 3.91. The van der Waals surface area contributed by atoms with Gasteiger partial charge in [-0.25, -0.2) is 4.98 Å². The summed E-state index contributed by atoms with van der Waals surface area (Å²) in [6.45, 7) is 0.800. The molecule has 1 heterocycles. The number of pyridine rings is 1. The molecule has 1 aromatic carbocycles. The van der Waals surface area contributed by atoms with E-state index in [1.165, 1.54) is 31.2 Å². The van der Waals surface area contributed by atoms with Crippen molar-refractivity contribution in [3.8, 4) is 0 Å². The molecule has 3 nitrogen and oxygen atoms in total. The van der Waals surface area contributed by atoms with Gasteiger partial charge in [0.1, 0.15) is 0 Å². The van der Waals surface area contributed by atoms with Crippen LogP contribution in [0.15, 0.2) is 42.6 Å². The van der Waals surface area contributed by atoms with Crippen molar-refractivity contribution in [2.45, 2.75) is 31.1 Å². The zero-order chi connectivity index (χ0) is 17.0. The number of aromatic nitrogens is 1. The van der Waals surface area contributed by atoms with Gasteiger partial charge in [0.15, 0.2) is 10.9 Å². The van der Waals surface area contributed by atoms with Gasteiger partial charge in [-0.05, 0) is 36.7 Å². The lowest BCUT2D eigenvalue weighted by Gasteiger charge is -2.30. The van der Waals surface area contributed by atoms with E-state index in [1.54, 1.807) is 12.3 Å². The van der Waals surface area contributed by atoms with E-state index in [-0.39, 0.29) is 5.41 Å². The summed E-state index contributed by atoms with van der Waals surface area (Å²) in [6, 6.07) is 12.3. The van der Waals surface area contributed by atoms with Crippen molar-refractivity contribution >= 4 is 46.4 Å². The molecule has 3 rings (SSSR count). The lowest BCUT2D eigenvalue weighted by molar-refractivity contribution is 0.435. The molecule has 1 aliphatic rings. The number of hydrogen-bond donors (Lipinski definition) is 2. The highest BCUT2D eigenvalue weighted by Crippen LogP contribution is 2.40. The van der Waals surface area contributed by atoms with Crippen LogP contribution < -0.4 is 10.6 Å². The number of nitrogens with zero attached hydrogens (tertiary/aromatic N) is 1. The predicted octanol–water partition coefficient (Wildman–Crippen LogP) is 5.19. The summed E-state index contributed by atoms with van der Waals surface area (Å²) in [4.78, 5) is 4.17. The fraction of sp³-hybridized carbons (Fsp3) is 0.333. The Morgan fingerprint density at radius 2 is 1.88 bits per heavy atom. The first kappa shape index (κ1) is 17.5. The lowest BCUT2D eigenvalue weighted by atomic mass is 9.79. The van der Waals surface area contributed by atoms with Gasteiger partial charge in [-0.2, -0.15) is 0 Å². The second-order valence-corrected chi connectivity index (χ2v) is 7.40. The third-order valence-corrected chi connectivity index (χ3v) is 5.32. The highest BCUT2D eigenvalue weighted by atomic mass is 35.5. The Labute approximate surface area is 157 Å². The second kappa shape index (κ2) is 7.68. The van der Waals surface area contributed by atoms with Crippen LogP contribution >= 0.6 is 35.4 Å². The third-order valence-electron chi connectivity index (χ3n) is 4.57. The average Bonchev–Trinajstić information content (AvgIpc) is 3.07. The molecule has 1 saturated carbocycles. The van der Waals surface area contributed by atoms with E-state index >= 15 is 0 Å². The van der Waals surface area contributed by atoms with Crippen molar-refractivity contribution < 1.29 is 0 Å². The van der Waals surface area contributed by atoms with Gasteiger partial charge < -0.3 is 10.6 Å². The highest BCUT2D eigenvalue weighted by molar-refractivity contribution is 7.80. The van der Waals surface area contributed by atoms with Crippen molar-refractivity contribution in [2.24, 2.45) is 0 Å². The Morgan fingerprint density at radius 3 is 2.54 bits per heavy atom. The summed E-state index contributed by atoms with van der Waals surface area (Å²) in [7, 11) is 0. The summed E-state index contributed by atoms with van der Waals surface area (Å²) in [5.74, 6) is 0.513. The van der Waals surface area contributed by atoms with E-state index in [2.05, 4.69) is 45.9 Å². The predicted molar refractivity (Wildman–Crippen MR) is 105 cm³/mol. The lowest BCUT2D eigenvalue weighted by Crippen LogP contribution is -2.40. The summed E-state index contributed by atoms with van der Waals surface area (Å²) in [5.41, 5.74) is 1.52. The number of benzene rings is 1. The van der Waals surface area contributed by atoms with Crippen molar-refractivity contribution in [2.75, 3.05) is 11.9 Å². The SMILES string of the molecule is S=C(NCC1(c2ccccc2)CCCC1)Nc1ncc(Cl)cc1Cl. The molecule has 24 heavy (non-hydrogen) atoms. The van der Waals surface area contributed by atoms with Crippen LogP contribution in [-0.2, 0) is 5.41 Å². The summed E-state index contributed by atoms with van der Waals surface area (Å²) < 4.78 is 0. The molecule has 2 aromatic rings. The van der Waals surface area contributed by atoms with Crippen LogP contribution in [0.3, 0.4) is 0 Å². The molecular weight excluding hydrogens is 361 g/mol. The summed E-state index contributed by atoms with van der Waals surface area (Å²) in [6.07, 6.45) is 6.39. The van der Waals surface area contributed by atoms with Gasteiger partial charge in [0.05, 0.1) is 10.0 Å². The van der Waals surface area contributed by atoms with Crippen molar-refractivity contribution in [3.05, 3.63) is 58.2 Å². The first-order chi connectivity index (χ1) is 11.6. The molecule has 0 bridgehead atoms. The average molecular weight is 380 g/mol. The fourth-order valence-electron chi connectivity index (χ4n) is 3.32. The smallest absolute Gasteiger partial charge is 0.172 e. The van der Waals surface area contributed by atoms with Gasteiger partial charge in [0, 0.05) is 18.2 Å². The molecule has 6 heteroatoms. The first-order valence-corrected chi connectivity index (χ1v) is 9.17. The minimum Gasteiger partial charge on any atom is -0.362 e. The number of rotatable bonds is 4. The minimum atomic E-state index is 0.143. The van der Waals surface area contributed by atoms with Crippen LogP contribution in [0.4, 0.5) is 5.82 Å². The van der Waals surface area contributed by atoms with E-state index in [0.717, 1.165) is 6.54 Å². The van der Waals surface area contributed by atoms with Crippen LogP contribution in [0.25, 0.3) is 0 Å². The number of anilines is 1. The molecule has 0 spiro atoms. The number of nitrogens with one attached hydrogen (secondary N) is 2. The molecule has 0 amide bonds. The number of hydrogen-bond acceptors (Lipinski definition) is 2. The largest absolute Gasteiger partial charge is 0.362 e. The molecule has 1 aliphatic carbocycles. The van der Waals surface area contributed by atoms with E-state index < -0.39 is 0 Å². The number of halogens is 2. The molecule has 0 aliphatic heterocycles. The van der Waals surface area contributed by atoms with Crippen molar-refractivity contribution in [1.82, 2.24) is 10.3 Å². The molecular formula is C18H19Cl2N3S. The van der Waals surface area contributed by atoms with Crippen molar-refractivity contribution in [3.63, 3.8) is 0 Å². The van der Waals surface area contributed by atoms with Crippen LogP contribution in [0, 0.1) is 0 Å². The topological polar surface area (TPSA) is 37.0 Å². The quantitative estimate of drug-likeness (QED) is 0.716. The third kappa shape index (κ3) is 4.00. The standard InChI is InChI=1S/C18H19Cl2N3S/c19-14-10-15(20)16(21-11-14)23-17(24)22-12-18(8-4-5-9-18)13-6-2-1-3-7-13/h1-3,6-7,10-11H,4-5,8-9,12H2,(H2,21,22,23,24). The zero-order valence-corrected chi connectivity index (χ0v) is 15.5. The van der Waals surface area contributed by atoms with Gasteiger partial charge in [-0.1, -0.05) is 66.4 Å². The second-order valence-electron chi connectivity index (χ2n) is 6.15. The van der Waals surface area contributed by atoms with E-state index in [9.17, 15) is 0 Å². The van der Waals surface area contributed by atoms with Crippen LogP contribution in [-0.4, -0.2) is 16.6 Å². The summed E-state index contributed by atoms with van der Waals surface area (Å²) in [5, 5.41) is 7.86. The van der Waals surface area contributed by atoms with Crippen LogP contribution in [0.2, 0.25) is 10.0 Å². The monoisotopic (exact) mass is 379 g/mol. The Balaban J connectivity index is 1.66. The molecule has 126 valence electrons. The minimum absolute atomic E-state index is 0.143. The van der Waals surface area contributed by atoms with E-state index in [0.29, 0.717) is 21.0 Å². The zero-order valence-electron chi connectivity index (χ0n) is 13.2. The molecule has 0 radical (unpaired) electrons. The molecule has 2 N–H and O–H groups in total. The van der Waals surface area contributed by atoms with E-state index in [1.807, 2.05) is 0 Å². The van der Waals surface area contributed by atoms with Crippen molar-refractivity contribution in [1.29, 1.82) is 0 Å². The Hall–Kier alpha value is -1.36. The van der Waals surface area contributed by atoms with E-state index in [4.69, 9.17) is 35.4 Å². The molecule has 0 atom stereocenters. The molecule has 0 unspecified atom stereocenters. The molecule has 0 saturated heterocycles.